The highest BCUT2D eigenvalue weighted by Crippen LogP contribution is 2.32. The Morgan fingerprint density at radius 3 is 2.63 bits per heavy atom. The number of rotatable bonds is 4. The summed E-state index contributed by atoms with van der Waals surface area (Å²) in [7, 11) is 0. The molecule has 7 nitrogen and oxygen atoms in total. The van der Waals surface area contributed by atoms with Crippen molar-refractivity contribution in [2.75, 3.05) is 0 Å². The van der Waals surface area contributed by atoms with Gasteiger partial charge in [-0.1, -0.05) is 11.6 Å². The van der Waals surface area contributed by atoms with Gasteiger partial charge in [0.05, 0.1) is 17.2 Å². The number of nitriles is 1. The first-order valence-corrected chi connectivity index (χ1v) is 8.95. The quantitative estimate of drug-likeness (QED) is 0.669. The second-order valence-corrected chi connectivity index (χ2v) is 6.80. The van der Waals surface area contributed by atoms with Gasteiger partial charge in [0.15, 0.2) is 11.6 Å². The highest BCUT2D eigenvalue weighted by molar-refractivity contribution is 6.31. The first kappa shape index (κ1) is 21.3. The van der Waals surface area contributed by atoms with Crippen molar-refractivity contribution in [3.8, 4) is 11.9 Å². The van der Waals surface area contributed by atoms with Crippen LogP contribution in [0.5, 0.6) is 0 Å². The van der Waals surface area contributed by atoms with E-state index in [1.54, 1.807) is 26.0 Å². The van der Waals surface area contributed by atoms with Crippen LogP contribution in [-0.2, 0) is 6.18 Å². The zero-order chi connectivity index (χ0) is 22.1. The number of pyridine rings is 1. The fraction of sp³-hybridized carbons (Fsp3) is 0.211. The predicted molar refractivity (Wildman–Crippen MR) is 101 cm³/mol. The molecular formula is C19H14ClF3N6O. The van der Waals surface area contributed by atoms with Gasteiger partial charge in [0, 0.05) is 16.8 Å². The molecule has 0 fully saturated rings. The topological polar surface area (TPSA) is 96.5 Å². The fourth-order valence-corrected chi connectivity index (χ4v) is 2.92. The lowest BCUT2D eigenvalue weighted by molar-refractivity contribution is -0.137. The summed E-state index contributed by atoms with van der Waals surface area (Å²) in [5.74, 6) is 0.332. The average Bonchev–Trinajstić information content (AvgIpc) is 3.08. The van der Waals surface area contributed by atoms with Crippen LogP contribution in [0.15, 0.2) is 36.5 Å². The summed E-state index contributed by atoms with van der Waals surface area (Å²) >= 11 is 5.75. The summed E-state index contributed by atoms with van der Waals surface area (Å²) in [6.07, 6.45) is -3.27. The molecule has 154 valence electrons. The van der Waals surface area contributed by atoms with Crippen LogP contribution in [0.1, 0.15) is 46.1 Å². The summed E-state index contributed by atoms with van der Waals surface area (Å²) in [6, 6.07) is 6.98. The Morgan fingerprint density at radius 2 is 2.03 bits per heavy atom. The Bertz CT molecular complexity index is 1130. The van der Waals surface area contributed by atoms with E-state index in [1.165, 1.54) is 10.9 Å². The van der Waals surface area contributed by atoms with Crippen molar-refractivity contribution in [3.05, 3.63) is 69.9 Å². The zero-order valence-electron chi connectivity index (χ0n) is 15.7. The average molecular weight is 435 g/mol. The third kappa shape index (κ3) is 4.58. The second-order valence-electron chi connectivity index (χ2n) is 6.37. The summed E-state index contributed by atoms with van der Waals surface area (Å²) in [5, 5.41) is 15.5. The number of halogens is 4. The van der Waals surface area contributed by atoms with Crippen LogP contribution in [0.3, 0.4) is 0 Å². The number of carbonyl (C=O) groups is 1. The molecule has 1 aromatic carbocycles. The highest BCUT2D eigenvalue weighted by atomic mass is 35.5. The van der Waals surface area contributed by atoms with E-state index in [2.05, 4.69) is 20.4 Å². The van der Waals surface area contributed by atoms with E-state index >= 15 is 0 Å². The number of hydrogen-bond acceptors (Lipinski definition) is 5. The Kier molecular flexibility index (Phi) is 5.75. The van der Waals surface area contributed by atoms with Gasteiger partial charge in [0.2, 0.25) is 0 Å². The molecule has 1 amide bonds. The maximum atomic E-state index is 13.0. The van der Waals surface area contributed by atoms with Gasteiger partial charge in [0.25, 0.3) is 5.91 Å². The molecule has 11 heteroatoms. The molecule has 3 rings (SSSR count). The van der Waals surface area contributed by atoms with E-state index in [0.29, 0.717) is 23.0 Å². The number of aromatic nitrogens is 4. The molecule has 2 aromatic heterocycles. The van der Waals surface area contributed by atoms with Crippen LogP contribution in [0, 0.1) is 18.3 Å². The summed E-state index contributed by atoms with van der Waals surface area (Å²) in [6.45, 7) is 3.25. The van der Waals surface area contributed by atoms with Crippen molar-refractivity contribution in [2.24, 2.45) is 0 Å². The molecule has 0 saturated heterocycles. The van der Waals surface area contributed by atoms with Crippen LogP contribution in [0.4, 0.5) is 13.2 Å². The molecule has 0 aliphatic heterocycles. The van der Waals surface area contributed by atoms with Gasteiger partial charge in [-0.3, -0.25) is 4.79 Å². The molecule has 0 bridgehead atoms. The van der Waals surface area contributed by atoms with Crippen LogP contribution in [0.2, 0.25) is 5.02 Å². The lowest BCUT2D eigenvalue weighted by Gasteiger charge is -2.15. The Hall–Kier alpha value is -3.45. The number of carbonyl (C=O) groups excluding carboxylic acids is 1. The third-order valence-electron chi connectivity index (χ3n) is 4.05. The zero-order valence-corrected chi connectivity index (χ0v) is 16.5. The molecule has 0 radical (unpaired) electrons. The molecule has 0 aliphatic rings. The second kappa shape index (κ2) is 8.12. The first-order chi connectivity index (χ1) is 14.1. The van der Waals surface area contributed by atoms with Gasteiger partial charge in [-0.2, -0.15) is 23.1 Å². The number of amides is 1. The van der Waals surface area contributed by atoms with Crippen molar-refractivity contribution in [1.82, 2.24) is 25.1 Å². The molecule has 1 N–H and O–H groups in total. The van der Waals surface area contributed by atoms with Crippen LogP contribution < -0.4 is 5.32 Å². The molecule has 3 aromatic rings. The van der Waals surface area contributed by atoms with Crippen molar-refractivity contribution >= 4 is 17.5 Å². The monoisotopic (exact) mass is 434 g/mol. The Balaban J connectivity index is 1.88. The van der Waals surface area contributed by atoms with Gasteiger partial charge >= 0.3 is 6.18 Å². The maximum Gasteiger partial charge on any atom is 0.416 e. The number of alkyl halides is 3. The van der Waals surface area contributed by atoms with Gasteiger partial charge in [0.1, 0.15) is 11.9 Å². The number of hydrogen-bond donors (Lipinski definition) is 1. The summed E-state index contributed by atoms with van der Waals surface area (Å²) in [4.78, 5) is 21.0. The van der Waals surface area contributed by atoms with E-state index in [9.17, 15) is 18.0 Å². The van der Waals surface area contributed by atoms with E-state index < -0.39 is 23.7 Å². The molecule has 0 spiro atoms. The van der Waals surface area contributed by atoms with Gasteiger partial charge in [-0.25, -0.2) is 9.97 Å². The van der Waals surface area contributed by atoms with E-state index in [1.807, 2.05) is 6.07 Å². The highest BCUT2D eigenvalue weighted by Gasteiger charge is 2.32. The molecule has 1 atom stereocenters. The van der Waals surface area contributed by atoms with E-state index in [-0.39, 0.29) is 10.6 Å². The van der Waals surface area contributed by atoms with Crippen molar-refractivity contribution in [2.45, 2.75) is 26.1 Å². The minimum atomic E-state index is -4.63. The minimum Gasteiger partial charge on any atom is -0.342 e. The largest absolute Gasteiger partial charge is 0.416 e. The normalized spacial score (nSPS) is 12.3. The van der Waals surface area contributed by atoms with E-state index in [4.69, 9.17) is 16.9 Å². The minimum absolute atomic E-state index is 0.205. The predicted octanol–water partition coefficient (Wildman–Crippen LogP) is 4.01. The number of benzene rings is 1. The Labute approximate surface area is 174 Å². The fourth-order valence-electron chi connectivity index (χ4n) is 2.69. The smallest absolute Gasteiger partial charge is 0.342 e. The Morgan fingerprint density at radius 1 is 1.30 bits per heavy atom. The number of nitrogens with one attached hydrogen (secondary N) is 1. The number of aryl methyl sites for hydroxylation is 1. The van der Waals surface area contributed by atoms with Crippen molar-refractivity contribution in [1.29, 1.82) is 5.26 Å². The summed E-state index contributed by atoms with van der Waals surface area (Å²) in [5.41, 5.74) is -0.894. The molecule has 2 heterocycles. The first-order valence-electron chi connectivity index (χ1n) is 8.57. The van der Waals surface area contributed by atoms with Crippen molar-refractivity contribution < 1.29 is 18.0 Å². The van der Waals surface area contributed by atoms with Gasteiger partial charge in [-0.15, -0.1) is 5.10 Å². The maximum absolute atomic E-state index is 13.0. The SMILES string of the molecule is Cc1nc(C(C)NC(=O)c2cc(Cl)cc(C(F)(F)F)c2)n(-c2ccc(C#N)cn2)n1. The molecule has 0 saturated carbocycles. The van der Waals surface area contributed by atoms with Crippen LogP contribution in [-0.4, -0.2) is 25.7 Å². The third-order valence-corrected chi connectivity index (χ3v) is 4.27. The lowest BCUT2D eigenvalue weighted by Crippen LogP contribution is -2.29. The summed E-state index contributed by atoms with van der Waals surface area (Å²) < 4.78 is 40.4. The van der Waals surface area contributed by atoms with E-state index in [0.717, 1.165) is 18.2 Å². The molecule has 30 heavy (non-hydrogen) atoms. The van der Waals surface area contributed by atoms with Crippen LogP contribution in [0.25, 0.3) is 5.82 Å². The number of nitrogens with zero attached hydrogens (tertiary/aromatic N) is 5. The van der Waals surface area contributed by atoms with Gasteiger partial charge < -0.3 is 5.32 Å². The molecule has 1 unspecified atom stereocenters. The van der Waals surface area contributed by atoms with Crippen LogP contribution >= 0.6 is 11.6 Å². The lowest BCUT2D eigenvalue weighted by atomic mass is 10.1. The van der Waals surface area contributed by atoms with Gasteiger partial charge in [-0.05, 0) is 44.2 Å². The standard InChI is InChI=1S/C19H14ClF3N6O/c1-10(26-18(30)13-5-14(19(21,22)23)7-15(20)6-13)17-27-11(2)28-29(17)16-4-3-12(8-24)9-25-16/h3-7,9-10H,1-2H3,(H,26,30). The molecular weight excluding hydrogens is 421 g/mol. The molecule has 0 aliphatic carbocycles. The van der Waals surface area contributed by atoms with Crippen molar-refractivity contribution in [3.63, 3.8) is 0 Å².